The van der Waals surface area contributed by atoms with Crippen LogP contribution in [0.25, 0.3) is 0 Å². The van der Waals surface area contributed by atoms with E-state index in [0.29, 0.717) is 11.5 Å². The molecule has 2 rings (SSSR count). The van der Waals surface area contributed by atoms with Gasteiger partial charge < -0.3 is 11.1 Å². The van der Waals surface area contributed by atoms with Gasteiger partial charge in [0.25, 0.3) is 0 Å². The molecule has 0 aromatic carbocycles. The number of nitrogen functional groups attached to an aromatic ring is 1. The van der Waals surface area contributed by atoms with Crippen LogP contribution in [-0.4, -0.2) is 11.0 Å². The van der Waals surface area contributed by atoms with Crippen molar-refractivity contribution in [2.75, 3.05) is 11.1 Å². The molecule has 16 heavy (non-hydrogen) atoms. The van der Waals surface area contributed by atoms with Crippen molar-refractivity contribution in [1.29, 1.82) is 0 Å². The fourth-order valence-corrected chi connectivity index (χ4v) is 2.41. The zero-order valence-electron chi connectivity index (χ0n) is 10.4. The fraction of sp³-hybridized carbons (Fsp3) is 0.615. The van der Waals surface area contributed by atoms with Crippen LogP contribution < -0.4 is 11.1 Å². The maximum atomic E-state index is 5.75. The van der Waals surface area contributed by atoms with Gasteiger partial charge in [0, 0.05) is 6.04 Å². The highest BCUT2D eigenvalue weighted by atomic mass is 15.0. The minimum absolute atomic E-state index is 0.473. The number of pyridine rings is 1. The molecule has 1 aliphatic carbocycles. The molecule has 88 valence electrons. The first-order chi connectivity index (χ1) is 7.46. The zero-order chi connectivity index (χ0) is 11.8. The van der Waals surface area contributed by atoms with Crippen molar-refractivity contribution >= 4 is 11.5 Å². The lowest BCUT2D eigenvalue weighted by molar-refractivity contribution is 0.378. The third-order valence-corrected chi connectivity index (χ3v) is 3.47. The molecule has 1 aliphatic rings. The molecule has 1 aromatic rings. The Morgan fingerprint density at radius 2 is 2.25 bits per heavy atom. The molecule has 3 nitrogen and oxygen atoms in total. The maximum Gasteiger partial charge on any atom is 0.126 e. The molecule has 0 spiro atoms. The van der Waals surface area contributed by atoms with Gasteiger partial charge in [0.15, 0.2) is 0 Å². The third kappa shape index (κ3) is 2.46. The van der Waals surface area contributed by atoms with E-state index in [4.69, 9.17) is 5.73 Å². The van der Waals surface area contributed by atoms with Gasteiger partial charge in [-0.15, -0.1) is 0 Å². The number of hydrogen-bond acceptors (Lipinski definition) is 3. The first-order valence-corrected chi connectivity index (χ1v) is 5.95. The smallest absolute Gasteiger partial charge is 0.126 e. The molecule has 0 bridgehead atoms. The van der Waals surface area contributed by atoms with Crippen LogP contribution in [0.15, 0.2) is 12.3 Å². The highest BCUT2D eigenvalue weighted by Gasteiger charge is 2.30. The summed E-state index contributed by atoms with van der Waals surface area (Å²) in [5, 5.41) is 3.50. The van der Waals surface area contributed by atoms with E-state index in [-0.39, 0.29) is 0 Å². The predicted octanol–water partition coefficient (Wildman–Crippen LogP) is 2.96. The van der Waals surface area contributed by atoms with E-state index in [1.165, 1.54) is 19.3 Å². The van der Waals surface area contributed by atoms with Crippen LogP contribution in [0.5, 0.6) is 0 Å². The van der Waals surface area contributed by atoms with Crippen LogP contribution in [0.3, 0.4) is 0 Å². The molecule has 1 aromatic heterocycles. The summed E-state index contributed by atoms with van der Waals surface area (Å²) in [5.74, 6) is 0.953. The lowest BCUT2D eigenvalue weighted by Gasteiger charge is -2.18. The molecule has 0 aliphatic heterocycles. The van der Waals surface area contributed by atoms with Crippen molar-refractivity contribution in [3.8, 4) is 0 Å². The minimum Gasteiger partial charge on any atom is -0.397 e. The lowest BCUT2D eigenvalue weighted by atomic mass is 9.92. The van der Waals surface area contributed by atoms with E-state index in [2.05, 4.69) is 24.1 Å². The summed E-state index contributed by atoms with van der Waals surface area (Å²) in [6.07, 6.45) is 5.48. The molecule has 1 unspecified atom stereocenters. The van der Waals surface area contributed by atoms with Gasteiger partial charge in [0.05, 0.1) is 11.9 Å². The summed E-state index contributed by atoms with van der Waals surface area (Å²) in [5.41, 5.74) is 8.08. The normalized spacial score (nSPS) is 23.3. The number of aryl methyl sites for hydroxylation is 1. The summed E-state index contributed by atoms with van der Waals surface area (Å²) in [4.78, 5) is 4.31. The summed E-state index contributed by atoms with van der Waals surface area (Å²) in [7, 11) is 0. The second-order valence-corrected chi connectivity index (χ2v) is 5.67. The molecule has 3 heteroatoms. The fourth-order valence-electron chi connectivity index (χ4n) is 2.41. The number of hydrogen-bond donors (Lipinski definition) is 2. The third-order valence-electron chi connectivity index (χ3n) is 3.47. The van der Waals surface area contributed by atoms with Gasteiger partial charge >= 0.3 is 0 Å². The number of nitrogens with one attached hydrogen (secondary N) is 1. The molecule has 3 N–H and O–H groups in total. The molecule has 1 fully saturated rings. The number of anilines is 2. The van der Waals surface area contributed by atoms with E-state index in [0.717, 1.165) is 17.1 Å². The van der Waals surface area contributed by atoms with Crippen LogP contribution >= 0.6 is 0 Å². The second-order valence-electron chi connectivity index (χ2n) is 5.67. The Morgan fingerprint density at radius 3 is 2.81 bits per heavy atom. The molecule has 1 heterocycles. The summed E-state index contributed by atoms with van der Waals surface area (Å²) in [6.45, 7) is 6.67. The summed E-state index contributed by atoms with van der Waals surface area (Å²) < 4.78 is 0. The molecule has 1 saturated carbocycles. The van der Waals surface area contributed by atoms with Crippen LogP contribution in [0.2, 0.25) is 0 Å². The molecule has 0 amide bonds. The molecule has 1 atom stereocenters. The van der Waals surface area contributed by atoms with Crippen molar-refractivity contribution in [3.63, 3.8) is 0 Å². The van der Waals surface area contributed by atoms with Gasteiger partial charge in [0.2, 0.25) is 0 Å². The number of nitrogens with zero attached hydrogens (tertiary/aromatic N) is 1. The number of rotatable bonds is 2. The highest BCUT2D eigenvalue weighted by molar-refractivity contribution is 5.51. The molecular formula is C13H21N3. The van der Waals surface area contributed by atoms with Crippen LogP contribution in [0.1, 0.15) is 38.7 Å². The maximum absolute atomic E-state index is 5.75. The van der Waals surface area contributed by atoms with Crippen LogP contribution in [0, 0.1) is 12.3 Å². The van der Waals surface area contributed by atoms with E-state index in [1.807, 2.05) is 13.0 Å². The Labute approximate surface area is 97.5 Å². The number of nitrogens with two attached hydrogens (primary N) is 1. The van der Waals surface area contributed by atoms with Gasteiger partial charge in [-0.25, -0.2) is 4.98 Å². The average Bonchev–Trinajstić information content (AvgIpc) is 2.52. The Kier molecular flexibility index (Phi) is 2.78. The quantitative estimate of drug-likeness (QED) is 0.804. The van der Waals surface area contributed by atoms with Crippen molar-refractivity contribution in [2.24, 2.45) is 5.41 Å². The van der Waals surface area contributed by atoms with Crippen molar-refractivity contribution < 1.29 is 0 Å². The lowest BCUT2D eigenvalue weighted by Crippen LogP contribution is -2.18. The SMILES string of the molecule is Cc1cc(NC2CCC(C)(C)C2)ncc1N. The summed E-state index contributed by atoms with van der Waals surface area (Å²) >= 11 is 0. The zero-order valence-corrected chi connectivity index (χ0v) is 10.4. The van der Waals surface area contributed by atoms with Crippen molar-refractivity contribution in [3.05, 3.63) is 17.8 Å². The van der Waals surface area contributed by atoms with E-state index < -0.39 is 0 Å². The molecule has 0 saturated heterocycles. The molecular weight excluding hydrogens is 198 g/mol. The van der Waals surface area contributed by atoms with Crippen molar-refractivity contribution in [2.45, 2.75) is 46.1 Å². The van der Waals surface area contributed by atoms with Gasteiger partial charge in [-0.1, -0.05) is 13.8 Å². The predicted molar refractivity (Wildman–Crippen MR) is 68.4 cm³/mol. The van der Waals surface area contributed by atoms with Gasteiger partial charge in [-0.05, 0) is 43.2 Å². The van der Waals surface area contributed by atoms with Gasteiger partial charge in [-0.3, -0.25) is 0 Å². The first-order valence-electron chi connectivity index (χ1n) is 5.95. The summed E-state index contributed by atoms with van der Waals surface area (Å²) in [6, 6.07) is 2.59. The highest BCUT2D eigenvalue weighted by Crippen LogP contribution is 2.38. The second kappa shape index (κ2) is 3.96. The standard InChI is InChI=1S/C13H21N3/c1-9-6-12(15-8-11(9)14)16-10-4-5-13(2,3)7-10/h6,8,10H,4-5,7,14H2,1-3H3,(H,15,16). The Balaban J connectivity index is 2.02. The first kappa shape index (κ1) is 11.2. The number of aromatic nitrogens is 1. The Hall–Kier alpha value is -1.25. The van der Waals surface area contributed by atoms with Gasteiger partial charge in [-0.2, -0.15) is 0 Å². The van der Waals surface area contributed by atoms with E-state index >= 15 is 0 Å². The van der Waals surface area contributed by atoms with E-state index in [1.54, 1.807) is 6.20 Å². The van der Waals surface area contributed by atoms with Crippen LogP contribution in [0.4, 0.5) is 11.5 Å². The van der Waals surface area contributed by atoms with Gasteiger partial charge in [0.1, 0.15) is 5.82 Å². The topological polar surface area (TPSA) is 50.9 Å². The molecule has 0 radical (unpaired) electrons. The average molecular weight is 219 g/mol. The van der Waals surface area contributed by atoms with E-state index in [9.17, 15) is 0 Å². The monoisotopic (exact) mass is 219 g/mol. The minimum atomic E-state index is 0.473. The van der Waals surface area contributed by atoms with Crippen molar-refractivity contribution in [1.82, 2.24) is 4.98 Å². The van der Waals surface area contributed by atoms with Crippen LogP contribution in [-0.2, 0) is 0 Å². The largest absolute Gasteiger partial charge is 0.397 e. The Morgan fingerprint density at radius 1 is 1.50 bits per heavy atom. The Bertz CT molecular complexity index is 385.